The van der Waals surface area contributed by atoms with Crippen molar-refractivity contribution in [2.75, 3.05) is 20.3 Å². The number of hydrogen-bond donors (Lipinski definition) is 1. The minimum Gasteiger partial charge on any atom is -0.478 e. The number of ether oxygens (including phenoxy) is 1. The average Bonchev–Trinajstić information content (AvgIpc) is 2.50. The second kappa shape index (κ2) is 7.22. The normalized spacial score (nSPS) is 13.9. The van der Waals surface area contributed by atoms with Crippen LogP contribution in [0.5, 0.6) is 0 Å². The molecular formula is C16H21NO4. The number of unbranched alkanes of at least 4 members (excludes halogenated alkanes) is 1. The van der Waals surface area contributed by atoms with Crippen LogP contribution in [-0.2, 0) is 22.5 Å². The third-order valence-electron chi connectivity index (χ3n) is 3.81. The van der Waals surface area contributed by atoms with Crippen LogP contribution in [-0.4, -0.2) is 42.1 Å². The van der Waals surface area contributed by atoms with Crippen LogP contribution in [0.2, 0.25) is 0 Å². The number of carboxylic acids is 1. The van der Waals surface area contributed by atoms with Gasteiger partial charge in [-0.3, -0.25) is 4.79 Å². The van der Waals surface area contributed by atoms with Crippen LogP contribution >= 0.6 is 0 Å². The molecule has 0 unspecified atom stereocenters. The standard InChI is InChI=1S/C16H21NO4/c1-21-9-3-2-4-15(18)17-8-7-12-5-6-13(16(19)20)10-14(12)11-17/h5-6,10H,2-4,7-9,11H2,1H3,(H,19,20). The summed E-state index contributed by atoms with van der Waals surface area (Å²) in [5.41, 5.74) is 2.37. The minimum atomic E-state index is -0.930. The van der Waals surface area contributed by atoms with E-state index < -0.39 is 5.97 Å². The Bertz CT molecular complexity index is 527. The average molecular weight is 291 g/mol. The van der Waals surface area contributed by atoms with Crippen molar-refractivity contribution in [2.45, 2.75) is 32.2 Å². The van der Waals surface area contributed by atoms with E-state index in [0.717, 1.165) is 30.4 Å². The third kappa shape index (κ3) is 4.04. The van der Waals surface area contributed by atoms with Gasteiger partial charge < -0.3 is 14.7 Å². The van der Waals surface area contributed by atoms with Gasteiger partial charge in [-0.2, -0.15) is 0 Å². The van der Waals surface area contributed by atoms with Gasteiger partial charge in [-0.1, -0.05) is 6.07 Å². The largest absolute Gasteiger partial charge is 0.478 e. The van der Waals surface area contributed by atoms with Crippen molar-refractivity contribution in [2.24, 2.45) is 0 Å². The summed E-state index contributed by atoms with van der Waals surface area (Å²) in [5, 5.41) is 9.04. The van der Waals surface area contributed by atoms with Crippen molar-refractivity contribution in [1.82, 2.24) is 4.90 Å². The lowest BCUT2D eigenvalue weighted by molar-refractivity contribution is -0.132. The van der Waals surface area contributed by atoms with Crippen LogP contribution in [0, 0.1) is 0 Å². The summed E-state index contributed by atoms with van der Waals surface area (Å²) in [5.74, 6) is -0.793. The maximum atomic E-state index is 12.2. The summed E-state index contributed by atoms with van der Waals surface area (Å²) in [7, 11) is 1.66. The molecule has 0 fully saturated rings. The Balaban J connectivity index is 1.96. The molecule has 0 bridgehead atoms. The fourth-order valence-electron chi connectivity index (χ4n) is 2.58. The number of aromatic carboxylic acids is 1. The van der Waals surface area contributed by atoms with E-state index in [9.17, 15) is 9.59 Å². The number of methoxy groups -OCH3 is 1. The van der Waals surface area contributed by atoms with Gasteiger partial charge in [0.15, 0.2) is 0 Å². The fraction of sp³-hybridized carbons (Fsp3) is 0.500. The Kier molecular flexibility index (Phi) is 5.33. The molecule has 0 aromatic heterocycles. The predicted molar refractivity (Wildman–Crippen MR) is 78.2 cm³/mol. The first-order chi connectivity index (χ1) is 10.1. The maximum Gasteiger partial charge on any atom is 0.335 e. The van der Waals surface area contributed by atoms with Crippen LogP contribution in [0.1, 0.15) is 40.7 Å². The molecule has 1 aliphatic heterocycles. The number of hydrogen-bond acceptors (Lipinski definition) is 3. The summed E-state index contributed by atoms with van der Waals surface area (Å²) in [6, 6.07) is 5.17. The van der Waals surface area contributed by atoms with Crippen molar-refractivity contribution in [1.29, 1.82) is 0 Å². The van der Waals surface area contributed by atoms with Crippen LogP contribution in [0.15, 0.2) is 18.2 Å². The molecule has 0 saturated heterocycles. The van der Waals surface area contributed by atoms with Crippen molar-refractivity contribution in [3.8, 4) is 0 Å². The molecule has 5 nitrogen and oxygen atoms in total. The van der Waals surface area contributed by atoms with Gasteiger partial charge >= 0.3 is 5.97 Å². The lowest BCUT2D eigenvalue weighted by Gasteiger charge is -2.29. The second-order valence-corrected chi connectivity index (χ2v) is 5.30. The van der Waals surface area contributed by atoms with Crippen molar-refractivity contribution < 1.29 is 19.4 Å². The molecule has 1 heterocycles. The van der Waals surface area contributed by atoms with Gasteiger partial charge in [-0.05, 0) is 42.5 Å². The Labute approximate surface area is 124 Å². The van der Waals surface area contributed by atoms with Crippen LogP contribution in [0.3, 0.4) is 0 Å². The first-order valence-corrected chi connectivity index (χ1v) is 7.23. The van der Waals surface area contributed by atoms with Gasteiger partial charge in [0.25, 0.3) is 0 Å². The van der Waals surface area contributed by atoms with E-state index in [1.54, 1.807) is 19.2 Å². The number of carbonyl (C=O) groups is 2. The fourth-order valence-corrected chi connectivity index (χ4v) is 2.58. The molecule has 0 aliphatic carbocycles. The second-order valence-electron chi connectivity index (χ2n) is 5.30. The molecule has 1 aromatic rings. The Morgan fingerprint density at radius 2 is 2.10 bits per heavy atom. The zero-order valence-electron chi connectivity index (χ0n) is 12.3. The summed E-state index contributed by atoms with van der Waals surface area (Å²) < 4.78 is 4.97. The van der Waals surface area contributed by atoms with E-state index in [2.05, 4.69) is 0 Å². The van der Waals surface area contributed by atoms with E-state index in [4.69, 9.17) is 9.84 Å². The van der Waals surface area contributed by atoms with Gasteiger partial charge in [0.2, 0.25) is 5.91 Å². The topological polar surface area (TPSA) is 66.8 Å². The number of amides is 1. The summed E-state index contributed by atoms with van der Waals surface area (Å²) >= 11 is 0. The zero-order valence-corrected chi connectivity index (χ0v) is 12.3. The van der Waals surface area contributed by atoms with E-state index in [0.29, 0.717) is 26.1 Å². The van der Waals surface area contributed by atoms with Gasteiger partial charge in [-0.25, -0.2) is 4.79 Å². The quantitative estimate of drug-likeness (QED) is 0.815. The van der Waals surface area contributed by atoms with E-state index in [1.807, 2.05) is 11.0 Å². The molecule has 0 radical (unpaired) electrons. The highest BCUT2D eigenvalue weighted by Crippen LogP contribution is 2.21. The predicted octanol–water partition coefficient (Wildman–Crippen LogP) is 2.09. The molecule has 2 rings (SSSR count). The van der Waals surface area contributed by atoms with Crippen LogP contribution < -0.4 is 0 Å². The van der Waals surface area contributed by atoms with Crippen molar-refractivity contribution in [3.05, 3.63) is 34.9 Å². The summed E-state index contributed by atoms with van der Waals surface area (Å²) in [4.78, 5) is 25.0. The number of nitrogens with zero attached hydrogens (tertiary/aromatic N) is 1. The van der Waals surface area contributed by atoms with Gasteiger partial charge in [0, 0.05) is 33.2 Å². The van der Waals surface area contributed by atoms with E-state index in [-0.39, 0.29) is 11.5 Å². The van der Waals surface area contributed by atoms with Gasteiger partial charge in [0.05, 0.1) is 5.56 Å². The van der Waals surface area contributed by atoms with Crippen molar-refractivity contribution >= 4 is 11.9 Å². The maximum absolute atomic E-state index is 12.2. The molecule has 1 N–H and O–H groups in total. The third-order valence-corrected chi connectivity index (χ3v) is 3.81. The molecule has 0 atom stereocenters. The summed E-state index contributed by atoms with van der Waals surface area (Å²) in [6.45, 7) is 1.90. The molecule has 0 spiro atoms. The molecule has 1 amide bonds. The molecule has 5 heteroatoms. The number of benzene rings is 1. The molecule has 1 aromatic carbocycles. The molecule has 1 aliphatic rings. The first-order valence-electron chi connectivity index (χ1n) is 7.23. The lowest BCUT2D eigenvalue weighted by atomic mass is 9.97. The SMILES string of the molecule is COCCCCC(=O)N1CCc2ccc(C(=O)O)cc2C1. The summed E-state index contributed by atoms with van der Waals surface area (Å²) in [6.07, 6.45) is 3.03. The first kappa shape index (κ1) is 15.5. The van der Waals surface area contributed by atoms with Gasteiger partial charge in [-0.15, -0.1) is 0 Å². The Morgan fingerprint density at radius 3 is 2.81 bits per heavy atom. The molecule has 21 heavy (non-hydrogen) atoms. The number of carbonyl (C=O) groups excluding carboxylic acids is 1. The lowest BCUT2D eigenvalue weighted by Crippen LogP contribution is -2.35. The number of fused-ring (bicyclic) bond motifs is 1. The highest BCUT2D eigenvalue weighted by Gasteiger charge is 2.21. The highest BCUT2D eigenvalue weighted by molar-refractivity contribution is 5.88. The smallest absolute Gasteiger partial charge is 0.335 e. The minimum absolute atomic E-state index is 0.137. The molecule has 0 saturated carbocycles. The van der Waals surface area contributed by atoms with Crippen molar-refractivity contribution in [3.63, 3.8) is 0 Å². The Morgan fingerprint density at radius 1 is 1.29 bits per heavy atom. The molecule has 114 valence electrons. The van der Waals surface area contributed by atoms with E-state index in [1.165, 1.54) is 0 Å². The van der Waals surface area contributed by atoms with E-state index >= 15 is 0 Å². The zero-order chi connectivity index (χ0) is 15.2. The van der Waals surface area contributed by atoms with Crippen LogP contribution in [0.25, 0.3) is 0 Å². The molecular weight excluding hydrogens is 270 g/mol. The Hall–Kier alpha value is -1.88. The van der Waals surface area contributed by atoms with Crippen LogP contribution in [0.4, 0.5) is 0 Å². The monoisotopic (exact) mass is 291 g/mol. The van der Waals surface area contributed by atoms with Gasteiger partial charge in [0.1, 0.15) is 0 Å². The number of rotatable bonds is 6. The highest BCUT2D eigenvalue weighted by atomic mass is 16.5. The number of carboxylic acid groups (broad SMARTS) is 1.